The van der Waals surface area contributed by atoms with Gasteiger partial charge in [0, 0.05) is 11.8 Å². The Hall–Kier alpha value is -2.06. The summed E-state index contributed by atoms with van der Waals surface area (Å²) in [5.74, 6) is -2.13. The Morgan fingerprint density at radius 1 is 1.35 bits per heavy atom. The molecular formula is C15H17F2N3O2S. The summed E-state index contributed by atoms with van der Waals surface area (Å²) in [6.45, 7) is 5.41. The van der Waals surface area contributed by atoms with Crippen molar-refractivity contribution in [2.75, 3.05) is 17.7 Å². The predicted molar refractivity (Wildman–Crippen MR) is 86.2 cm³/mol. The van der Waals surface area contributed by atoms with E-state index in [9.17, 15) is 13.6 Å². The van der Waals surface area contributed by atoms with Crippen molar-refractivity contribution in [3.8, 4) is 0 Å². The first-order valence-electron chi connectivity index (χ1n) is 6.81. The van der Waals surface area contributed by atoms with E-state index < -0.39 is 17.2 Å². The van der Waals surface area contributed by atoms with Gasteiger partial charge in [-0.05, 0) is 32.9 Å². The lowest BCUT2D eigenvalue weighted by atomic mass is 10.2. The van der Waals surface area contributed by atoms with Gasteiger partial charge in [0.25, 0.3) is 0 Å². The molecule has 2 rings (SSSR count). The van der Waals surface area contributed by atoms with Gasteiger partial charge >= 0.3 is 0 Å². The molecule has 3 N–H and O–H groups in total. The Balaban J connectivity index is 2.11. The number of hydrogen-bond donors (Lipinski definition) is 2. The van der Waals surface area contributed by atoms with Crippen LogP contribution >= 0.6 is 11.3 Å². The number of nitrogen functional groups attached to an aromatic ring is 1. The molecule has 0 atom stereocenters. The molecule has 1 aromatic carbocycles. The Morgan fingerprint density at radius 3 is 2.65 bits per heavy atom. The van der Waals surface area contributed by atoms with Crippen LogP contribution < -0.4 is 11.1 Å². The van der Waals surface area contributed by atoms with Gasteiger partial charge in [0.15, 0.2) is 16.8 Å². The zero-order valence-electron chi connectivity index (χ0n) is 12.9. The van der Waals surface area contributed by atoms with Crippen molar-refractivity contribution in [1.82, 2.24) is 4.98 Å². The van der Waals surface area contributed by atoms with E-state index in [4.69, 9.17) is 10.5 Å². The summed E-state index contributed by atoms with van der Waals surface area (Å²) in [6.07, 6.45) is 0. The number of benzene rings is 1. The van der Waals surface area contributed by atoms with E-state index in [1.165, 1.54) is 6.07 Å². The number of halogens is 2. The van der Waals surface area contributed by atoms with Crippen LogP contribution in [0.5, 0.6) is 0 Å². The number of Topliss-reactive ketones (excluding diaryl/α,β-unsaturated/α-hetero) is 1. The number of anilines is 3. The first-order valence-corrected chi connectivity index (χ1v) is 7.63. The van der Waals surface area contributed by atoms with Crippen molar-refractivity contribution >= 4 is 33.8 Å². The van der Waals surface area contributed by atoms with Crippen LogP contribution in [0.4, 0.5) is 25.4 Å². The molecule has 1 heterocycles. The van der Waals surface area contributed by atoms with E-state index in [1.54, 1.807) is 0 Å². The number of carbonyl (C=O) groups is 1. The molecule has 0 fully saturated rings. The minimum absolute atomic E-state index is 0.0718. The van der Waals surface area contributed by atoms with Crippen molar-refractivity contribution in [2.45, 2.75) is 26.4 Å². The smallest absolute Gasteiger partial charge is 0.202 e. The second-order valence-corrected chi connectivity index (χ2v) is 6.81. The maximum Gasteiger partial charge on any atom is 0.202 e. The lowest BCUT2D eigenvalue weighted by molar-refractivity contribution is 0.00326. The Morgan fingerprint density at radius 2 is 2.04 bits per heavy atom. The number of nitrogens with one attached hydrogen (secondary N) is 1. The average Bonchev–Trinajstić information content (AvgIpc) is 2.80. The van der Waals surface area contributed by atoms with Crippen LogP contribution in [0.2, 0.25) is 0 Å². The Labute approximate surface area is 136 Å². The molecule has 124 valence electrons. The third-order valence-electron chi connectivity index (χ3n) is 2.71. The molecule has 0 aliphatic carbocycles. The zero-order chi connectivity index (χ0) is 17.2. The number of aromatic nitrogens is 1. The lowest BCUT2D eigenvalue weighted by Crippen LogP contribution is -2.23. The van der Waals surface area contributed by atoms with Crippen molar-refractivity contribution < 1.29 is 18.3 Å². The second-order valence-electron chi connectivity index (χ2n) is 5.81. The van der Waals surface area contributed by atoms with E-state index >= 15 is 0 Å². The predicted octanol–water partition coefficient (Wildman–Crippen LogP) is 3.74. The van der Waals surface area contributed by atoms with Crippen LogP contribution in [0.15, 0.2) is 18.2 Å². The van der Waals surface area contributed by atoms with Gasteiger partial charge in [-0.25, -0.2) is 13.8 Å². The molecule has 0 aliphatic heterocycles. The molecule has 0 radical (unpaired) electrons. The number of carbonyl (C=O) groups excluding carboxylic acids is 1. The summed E-state index contributed by atoms with van der Waals surface area (Å²) in [5, 5.41) is 3.10. The minimum Gasteiger partial charge on any atom is -0.382 e. The van der Waals surface area contributed by atoms with Crippen molar-refractivity contribution in [2.24, 2.45) is 0 Å². The lowest BCUT2D eigenvalue weighted by Gasteiger charge is -2.18. The molecule has 0 saturated heterocycles. The number of ether oxygens (including phenoxy) is 1. The van der Waals surface area contributed by atoms with Gasteiger partial charge in [0.1, 0.15) is 17.3 Å². The fourth-order valence-electron chi connectivity index (χ4n) is 1.63. The fraction of sp³-hybridized carbons (Fsp3) is 0.333. The van der Waals surface area contributed by atoms with E-state index in [-0.39, 0.29) is 23.1 Å². The number of rotatable bonds is 5. The van der Waals surface area contributed by atoms with Crippen molar-refractivity contribution in [3.63, 3.8) is 0 Å². The van der Waals surface area contributed by atoms with Crippen molar-refractivity contribution in [3.05, 3.63) is 34.7 Å². The van der Waals surface area contributed by atoms with E-state index in [2.05, 4.69) is 10.3 Å². The molecule has 23 heavy (non-hydrogen) atoms. The molecule has 0 spiro atoms. The van der Waals surface area contributed by atoms with Crippen LogP contribution in [-0.2, 0) is 4.74 Å². The fourth-order valence-corrected chi connectivity index (χ4v) is 2.46. The summed E-state index contributed by atoms with van der Waals surface area (Å²) in [4.78, 5) is 16.4. The number of nitrogens with two attached hydrogens (primary N) is 1. The first kappa shape index (κ1) is 17.3. The highest BCUT2D eigenvalue weighted by molar-refractivity contribution is 7.18. The molecule has 0 unspecified atom stereocenters. The molecule has 8 heteroatoms. The van der Waals surface area contributed by atoms with Gasteiger partial charge in [-0.1, -0.05) is 11.3 Å². The Kier molecular flexibility index (Phi) is 4.96. The summed E-state index contributed by atoms with van der Waals surface area (Å²) in [5.41, 5.74) is 5.60. The number of hydrogen-bond acceptors (Lipinski definition) is 6. The van der Waals surface area contributed by atoms with Crippen LogP contribution in [0.25, 0.3) is 0 Å². The summed E-state index contributed by atoms with van der Waals surface area (Å²) in [6, 6.07) is 3.36. The van der Waals surface area contributed by atoms with Gasteiger partial charge in [-0.2, -0.15) is 0 Å². The second kappa shape index (κ2) is 6.59. The quantitative estimate of drug-likeness (QED) is 0.810. The highest BCUT2D eigenvalue weighted by atomic mass is 32.1. The number of ketones is 1. The largest absolute Gasteiger partial charge is 0.382 e. The first-order chi connectivity index (χ1) is 10.7. The highest BCUT2D eigenvalue weighted by Gasteiger charge is 2.19. The molecular weight excluding hydrogens is 324 g/mol. The number of nitrogens with zero attached hydrogens (tertiary/aromatic N) is 1. The topological polar surface area (TPSA) is 77.2 Å². The standard InChI is InChI=1S/C15H17F2N3O2S/c1-15(2,3)22-7-11(21)12-13(18)20-14(23-12)19-8-4-5-9(16)10(17)6-8/h4-6H,7,18H2,1-3H3,(H,19,20). The zero-order valence-corrected chi connectivity index (χ0v) is 13.8. The number of thiazole rings is 1. The van der Waals surface area contributed by atoms with Crippen LogP contribution in [-0.4, -0.2) is 23.0 Å². The maximum absolute atomic E-state index is 13.2. The molecule has 0 saturated carbocycles. The van der Waals surface area contributed by atoms with Gasteiger partial charge < -0.3 is 15.8 Å². The third kappa shape index (κ3) is 4.70. The SMILES string of the molecule is CC(C)(C)OCC(=O)c1sc(Nc2ccc(F)c(F)c2)nc1N. The van der Waals surface area contributed by atoms with Crippen LogP contribution in [0, 0.1) is 11.6 Å². The van der Waals surface area contributed by atoms with Gasteiger partial charge in [-0.15, -0.1) is 0 Å². The van der Waals surface area contributed by atoms with Gasteiger partial charge in [0.2, 0.25) is 5.78 Å². The molecule has 0 bridgehead atoms. The van der Waals surface area contributed by atoms with E-state index in [1.807, 2.05) is 20.8 Å². The van der Waals surface area contributed by atoms with Crippen LogP contribution in [0.1, 0.15) is 30.4 Å². The summed E-state index contributed by atoms with van der Waals surface area (Å²) < 4.78 is 31.5. The van der Waals surface area contributed by atoms with E-state index in [0.717, 1.165) is 23.5 Å². The third-order valence-corrected chi connectivity index (χ3v) is 3.74. The van der Waals surface area contributed by atoms with Gasteiger partial charge in [-0.3, -0.25) is 4.79 Å². The monoisotopic (exact) mass is 341 g/mol. The van der Waals surface area contributed by atoms with Crippen molar-refractivity contribution in [1.29, 1.82) is 0 Å². The Bertz CT molecular complexity index is 726. The van der Waals surface area contributed by atoms with Gasteiger partial charge in [0.05, 0.1) is 5.60 Å². The van der Waals surface area contributed by atoms with E-state index in [0.29, 0.717) is 10.8 Å². The van der Waals surface area contributed by atoms with Crippen LogP contribution in [0.3, 0.4) is 0 Å². The maximum atomic E-state index is 13.2. The normalized spacial score (nSPS) is 11.5. The molecule has 1 aromatic heterocycles. The summed E-state index contributed by atoms with van der Waals surface area (Å²) in [7, 11) is 0. The average molecular weight is 341 g/mol. The summed E-state index contributed by atoms with van der Waals surface area (Å²) >= 11 is 1.03. The highest BCUT2D eigenvalue weighted by Crippen LogP contribution is 2.29. The minimum atomic E-state index is -0.977. The molecule has 5 nitrogen and oxygen atoms in total. The molecule has 2 aromatic rings. The molecule has 0 amide bonds. The molecule has 0 aliphatic rings.